The molecule has 0 aliphatic carbocycles. The van der Waals surface area contributed by atoms with Crippen LogP contribution >= 0.6 is 0 Å². The summed E-state index contributed by atoms with van der Waals surface area (Å²) >= 11 is 0. The molecule has 2 rings (SSSR count). The molecule has 1 atom stereocenters. The number of aromatic nitrogens is 2. The molecule has 1 unspecified atom stereocenters. The number of alkyl halides is 3. The standard InChI is InChI=1S/C13H21F3N4/c1-9-12(10(2)19-18-9)6-17-5-11-3-4-20(7-11)8-13(14,15)16/h11,17H,3-8H2,1-2H3,(H,18,19). The Morgan fingerprint density at radius 2 is 2.15 bits per heavy atom. The minimum Gasteiger partial charge on any atom is -0.312 e. The van der Waals surface area contributed by atoms with Crippen molar-refractivity contribution in [3.8, 4) is 0 Å². The van der Waals surface area contributed by atoms with Gasteiger partial charge in [-0.2, -0.15) is 18.3 Å². The van der Waals surface area contributed by atoms with Crippen LogP contribution in [0.5, 0.6) is 0 Å². The third kappa shape index (κ3) is 4.21. The zero-order chi connectivity index (χ0) is 14.8. The third-order valence-corrected chi connectivity index (χ3v) is 3.79. The minimum atomic E-state index is -4.09. The zero-order valence-corrected chi connectivity index (χ0v) is 11.8. The molecule has 1 aromatic rings. The van der Waals surface area contributed by atoms with Crippen LogP contribution in [0.25, 0.3) is 0 Å². The molecule has 0 radical (unpaired) electrons. The van der Waals surface area contributed by atoms with Gasteiger partial charge in [0.1, 0.15) is 0 Å². The van der Waals surface area contributed by atoms with E-state index in [1.54, 1.807) is 0 Å². The number of aryl methyl sites for hydroxylation is 2. The van der Waals surface area contributed by atoms with E-state index < -0.39 is 12.7 Å². The van der Waals surface area contributed by atoms with Crippen molar-refractivity contribution in [1.29, 1.82) is 0 Å². The quantitative estimate of drug-likeness (QED) is 0.872. The van der Waals surface area contributed by atoms with Crippen LogP contribution in [0.3, 0.4) is 0 Å². The molecule has 1 aromatic heterocycles. The predicted octanol–water partition coefficient (Wildman–Crippen LogP) is 2.00. The number of aromatic amines is 1. The largest absolute Gasteiger partial charge is 0.401 e. The van der Waals surface area contributed by atoms with Crippen LogP contribution in [0.1, 0.15) is 23.4 Å². The van der Waals surface area contributed by atoms with Gasteiger partial charge in [0, 0.05) is 24.3 Å². The van der Waals surface area contributed by atoms with Crippen molar-refractivity contribution in [3.05, 3.63) is 17.0 Å². The summed E-state index contributed by atoms with van der Waals surface area (Å²) in [5.41, 5.74) is 3.16. The van der Waals surface area contributed by atoms with E-state index in [0.717, 1.165) is 29.9 Å². The first-order valence-electron chi connectivity index (χ1n) is 6.85. The van der Waals surface area contributed by atoms with Gasteiger partial charge in [0.2, 0.25) is 0 Å². The Bertz CT molecular complexity index is 422. The fourth-order valence-corrected chi connectivity index (χ4v) is 2.71. The summed E-state index contributed by atoms with van der Waals surface area (Å²) in [7, 11) is 0. The Morgan fingerprint density at radius 1 is 1.40 bits per heavy atom. The number of H-pyrrole nitrogens is 1. The molecular weight excluding hydrogens is 269 g/mol. The fraction of sp³-hybridized carbons (Fsp3) is 0.769. The van der Waals surface area contributed by atoms with Crippen molar-refractivity contribution in [2.45, 2.75) is 33.0 Å². The zero-order valence-electron chi connectivity index (χ0n) is 11.8. The Kier molecular flexibility index (Phi) is 4.70. The molecule has 114 valence electrons. The average Bonchev–Trinajstić information content (AvgIpc) is 2.88. The first kappa shape index (κ1) is 15.3. The number of likely N-dealkylation sites (tertiary alicyclic amines) is 1. The highest BCUT2D eigenvalue weighted by molar-refractivity contribution is 5.22. The molecule has 1 aliphatic heterocycles. The van der Waals surface area contributed by atoms with E-state index >= 15 is 0 Å². The molecule has 0 amide bonds. The maximum Gasteiger partial charge on any atom is 0.401 e. The Hall–Kier alpha value is -1.08. The highest BCUT2D eigenvalue weighted by Crippen LogP contribution is 2.22. The summed E-state index contributed by atoms with van der Waals surface area (Å²) < 4.78 is 36.9. The van der Waals surface area contributed by atoms with Gasteiger partial charge >= 0.3 is 6.18 Å². The van der Waals surface area contributed by atoms with E-state index in [2.05, 4.69) is 15.5 Å². The maximum atomic E-state index is 12.3. The molecule has 7 heteroatoms. The van der Waals surface area contributed by atoms with Crippen molar-refractivity contribution in [2.75, 3.05) is 26.2 Å². The summed E-state index contributed by atoms with van der Waals surface area (Å²) in [6.45, 7) is 5.65. The van der Waals surface area contributed by atoms with E-state index in [9.17, 15) is 13.2 Å². The lowest BCUT2D eigenvalue weighted by Gasteiger charge is -2.18. The highest BCUT2D eigenvalue weighted by atomic mass is 19.4. The Labute approximate surface area is 116 Å². The normalized spacial score (nSPS) is 20.8. The van der Waals surface area contributed by atoms with Crippen LogP contribution in [-0.2, 0) is 6.54 Å². The van der Waals surface area contributed by atoms with Gasteiger partial charge in [0.05, 0.1) is 12.2 Å². The van der Waals surface area contributed by atoms with E-state index in [0.29, 0.717) is 25.6 Å². The average molecular weight is 290 g/mol. The fourth-order valence-electron chi connectivity index (χ4n) is 2.71. The van der Waals surface area contributed by atoms with Gasteiger partial charge in [0.25, 0.3) is 0 Å². The summed E-state index contributed by atoms with van der Waals surface area (Å²) in [6.07, 6.45) is -3.26. The molecule has 4 nitrogen and oxygen atoms in total. The van der Waals surface area contributed by atoms with Gasteiger partial charge < -0.3 is 5.32 Å². The molecule has 1 saturated heterocycles. The molecule has 2 heterocycles. The number of halogens is 3. The van der Waals surface area contributed by atoms with Crippen LogP contribution in [0.15, 0.2) is 0 Å². The lowest BCUT2D eigenvalue weighted by atomic mass is 10.1. The van der Waals surface area contributed by atoms with Gasteiger partial charge in [0.15, 0.2) is 0 Å². The van der Waals surface area contributed by atoms with Gasteiger partial charge in [-0.25, -0.2) is 0 Å². The first-order valence-corrected chi connectivity index (χ1v) is 6.85. The number of nitrogens with zero attached hydrogens (tertiary/aromatic N) is 2. The summed E-state index contributed by atoms with van der Waals surface area (Å²) in [4.78, 5) is 1.49. The summed E-state index contributed by atoms with van der Waals surface area (Å²) in [5, 5.41) is 10.4. The smallest absolute Gasteiger partial charge is 0.312 e. The van der Waals surface area contributed by atoms with Crippen molar-refractivity contribution >= 4 is 0 Å². The van der Waals surface area contributed by atoms with Crippen molar-refractivity contribution in [1.82, 2.24) is 20.4 Å². The second-order valence-electron chi connectivity index (χ2n) is 5.55. The molecule has 1 aliphatic rings. The van der Waals surface area contributed by atoms with Gasteiger partial charge in [-0.3, -0.25) is 10.00 Å². The second kappa shape index (κ2) is 6.13. The molecule has 2 N–H and O–H groups in total. The lowest BCUT2D eigenvalue weighted by molar-refractivity contribution is -0.143. The Morgan fingerprint density at radius 3 is 2.75 bits per heavy atom. The maximum absolute atomic E-state index is 12.3. The molecule has 20 heavy (non-hydrogen) atoms. The van der Waals surface area contributed by atoms with Crippen molar-refractivity contribution in [3.63, 3.8) is 0 Å². The van der Waals surface area contributed by atoms with Crippen LogP contribution < -0.4 is 5.32 Å². The molecular formula is C13H21F3N4. The van der Waals surface area contributed by atoms with E-state index in [1.807, 2.05) is 13.8 Å². The third-order valence-electron chi connectivity index (χ3n) is 3.79. The summed E-state index contributed by atoms with van der Waals surface area (Å²) in [6, 6.07) is 0. The molecule has 0 bridgehead atoms. The topological polar surface area (TPSA) is 44.0 Å². The minimum absolute atomic E-state index is 0.296. The number of nitrogens with one attached hydrogen (secondary N) is 2. The Balaban J connectivity index is 1.71. The lowest BCUT2D eigenvalue weighted by Crippen LogP contribution is -2.33. The van der Waals surface area contributed by atoms with E-state index in [-0.39, 0.29) is 0 Å². The molecule has 0 saturated carbocycles. The van der Waals surface area contributed by atoms with Gasteiger partial charge in [-0.05, 0) is 39.3 Å². The van der Waals surface area contributed by atoms with E-state index in [4.69, 9.17) is 0 Å². The second-order valence-corrected chi connectivity index (χ2v) is 5.55. The number of hydrogen-bond acceptors (Lipinski definition) is 3. The van der Waals surface area contributed by atoms with Gasteiger partial charge in [-0.1, -0.05) is 0 Å². The van der Waals surface area contributed by atoms with E-state index in [1.165, 1.54) is 4.90 Å². The van der Waals surface area contributed by atoms with Gasteiger partial charge in [-0.15, -0.1) is 0 Å². The number of hydrogen-bond donors (Lipinski definition) is 2. The molecule has 0 aromatic carbocycles. The molecule has 0 spiro atoms. The first-order chi connectivity index (χ1) is 9.35. The highest BCUT2D eigenvalue weighted by Gasteiger charge is 2.34. The molecule has 1 fully saturated rings. The van der Waals surface area contributed by atoms with Crippen molar-refractivity contribution < 1.29 is 13.2 Å². The van der Waals surface area contributed by atoms with Crippen LogP contribution in [-0.4, -0.2) is 47.5 Å². The van der Waals surface area contributed by atoms with Crippen LogP contribution in [0.4, 0.5) is 13.2 Å². The van der Waals surface area contributed by atoms with Crippen LogP contribution in [0.2, 0.25) is 0 Å². The predicted molar refractivity (Wildman–Crippen MR) is 70.4 cm³/mol. The van der Waals surface area contributed by atoms with Crippen LogP contribution in [0, 0.1) is 19.8 Å². The SMILES string of the molecule is Cc1n[nH]c(C)c1CNCC1CCN(CC(F)(F)F)C1. The monoisotopic (exact) mass is 290 g/mol. The number of rotatable bonds is 5. The summed E-state index contributed by atoms with van der Waals surface area (Å²) in [5.74, 6) is 0.296. The van der Waals surface area contributed by atoms with Crippen molar-refractivity contribution in [2.24, 2.45) is 5.92 Å².